The van der Waals surface area contributed by atoms with E-state index in [-0.39, 0.29) is 0 Å². The minimum absolute atomic E-state index is 0.471. The molecule has 45 heavy (non-hydrogen) atoms. The van der Waals surface area contributed by atoms with Gasteiger partial charge in [0.15, 0.2) is 49.2 Å². The highest BCUT2D eigenvalue weighted by atomic mass is 31.0. The average Bonchev–Trinajstić information content (AvgIpc) is 2.90. The van der Waals surface area contributed by atoms with Gasteiger partial charge in [0.1, 0.15) is 25.4 Å². The molecule has 2 rings (SSSR count). The SMILES string of the molecule is CC(=O)OC[C@@H]1O[C@H](OP)[C@@H](O[C@H]2O[C@H](COC(C)=O)[C@@H](OC(C)=O)[C@@H](OC(N)=O)[C@@H]2OC(C)=O)[C@@H](OC(C)=O)[C@@H]1OC(C)=O. The molecule has 1 amide bonds. The number of primary amides is 1. The fourth-order valence-corrected chi connectivity index (χ4v) is 4.74. The van der Waals surface area contributed by atoms with Gasteiger partial charge in [-0.25, -0.2) is 4.79 Å². The van der Waals surface area contributed by atoms with Crippen molar-refractivity contribution in [2.75, 3.05) is 13.2 Å². The third-order valence-corrected chi connectivity index (χ3v) is 6.24. The van der Waals surface area contributed by atoms with E-state index < -0.39 is 117 Å². The minimum Gasteiger partial charge on any atom is -0.463 e. The van der Waals surface area contributed by atoms with Gasteiger partial charge in [-0.2, -0.15) is 0 Å². The summed E-state index contributed by atoms with van der Waals surface area (Å²) in [6, 6.07) is 0. The van der Waals surface area contributed by atoms with Crippen LogP contribution in [0.3, 0.4) is 0 Å². The van der Waals surface area contributed by atoms with E-state index in [2.05, 4.69) is 0 Å². The first kappa shape index (κ1) is 37.5. The Morgan fingerprint density at radius 3 is 1.29 bits per heavy atom. The fourth-order valence-electron chi connectivity index (χ4n) is 4.52. The number of nitrogens with two attached hydrogens (primary N) is 1. The predicted molar refractivity (Wildman–Crippen MR) is 143 cm³/mol. The molecule has 0 saturated carbocycles. The maximum absolute atomic E-state index is 12.2. The monoisotopic (exact) mass is 669 g/mol. The Morgan fingerprint density at radius 2 is 0.911 bits per heavy atom. The molecule has 2 N–H and O–H groups in total. The molecule has 2 heterocycles. The van der Waals surface area contributed by atoms with Crippen molar-refractivity contribution in [1.82, 2.24) is 0 Å². The van der Waals surface area contributed by atoms with E-state index in [9.17, 15) is 33.6 Å². The van der Waals surface area contributed by atoms with E-state index in [0.717, 1.165) is 41.5 Å². The second-order valence-electron chi connectivity index (χ2n) is 9.63. The van der Waals surface area contributed by atoms with E-state index in [0.29, 0.717) is 0 Å². The predicted octanol–water partition coefficient (Wildman–Crippen LogP) is -1.05. The van der Waals surface area contributed by atoms with Gasteiger partial charge in [-0.1, -0.05) is 0 Å². The normalized spacial score (nSPS) is 31.0. The Kier molecular flexibility index (Phi) is 14.3. The molecule has 1 unspecified atom stereocenters. The number of ether oxygens (including phenoxy) is 10. The highest BCUT2D eigenvalue weighted by molar-refractivity contribution is 7.09. The average molecular weight is 670 g/mol. The molecule has 2 fully saturated rings. The molecule has 0 spiro atoms. The largest absolute Gasteiger partial charge is 0.463 e. The zero-order valence-corrected chi connectivity index (χ0v) is 26.3. The van der Waals surface area contributed by atoms with Gasteiger partial charge in [0.05, 0.1) is 0 Å². The highest BCUT2D eigenvalue weighted by Crippen LogP contribution is 2.35. The van der Waals surface area contributed by atoms with E-state index >= 15 is 0 Å². The van der Waals surface area contributed by atoms with Crippen molar-refractivity contribution in [3.63, 3.8) is 0 Å². The van der Waals surface area contributed by atoms with Crippen LogP contribution in [0, 0.1) is 0 Å². The number of rotatable bonds is 12. The lowest BCUT2D eigenvalue weighted by atomic mass is 9.96. The molecule has 0 aromatic rings. The van der Waals surface area contributed by atoms with Crippen molar-refractivity contribution in [2.45, 2.75) is 103 Å². The maximum Gasteiger partial charge on any atom is 0.405 e. The van der Waals surface area contributed by atoms with Crippen LogP contribution in [0.5, 0.6) is 0 Å². The summed E-state index contributed by atoms with van der Waals surface area (Å²) in [4.78, 5) is 83.5. The van der Waals surface area contributed by atoms with Crippen LogP contribution >= 0.6 is 9.47 Å². The van der Waals surface area contributed by atoms with Crippen molar-refractivity contribution in [1.29, 1.82) is 0 Å². The third kappa shape index (κ3) is 11.3. The van der Waals surface area contributed by atoms with Gasteiger partial charge in [0.25, 0.3) is 0 Å². The molecular weight excluding hydrogens is 633 g/mol. The molecule has 19 nitrogen and oxygen atoms in total. The van der Waals surface area contributed by atoms with E-state index in [1.54, 1.807) is 0 Å². The van der Waals surface area contributed by atoms with Crippen molar-refractivity contribution in [3.05, 3.63) is 0 Å². The van der Waals surface area contributed by atoms with Crippen LogP contribution in [0.15, 0.2) is 0 Å². The first-order chi connectivity index (χ1) is 21.0. The first-order valence-corrected chi connectivity index (χ1v) is 13.7. The molecule has 20 heteroatoms. The number of carbonyl (C=O) groups excluding carboxylic acids is 7. The summed E-state index contributed by atoms with van der Waals surface area (Å²) in [5.74, 6) is -5.00. The summed E-state index contributed by atoms with van der Waals surface area (Å²) in [6.07, 6.45) is -17.0. The van der Waals surface area contributed by atoms with Gasteiger partial charge in [0, 0.05) is 51.0 Å². The molecule has 2 saturated heterocycles. The van der Waals surface area contributed by atoms with Gasteiger partial charge in [-0.15, -0.1) is 0 Å². The Bertz CT molecular complexity index is 1120. The van der Waals surface area contributed by atoms with Crippen molar-refractivity contribution in [3.8, 4) is 0 Å². The zero-order chi connectivity index (χ0) is 34.0. The van der Waals surface area contributed by atoms with Crippen LogP contribution in [0.2, 0.25) is 0 Å². The molecule has 0 aliphatic carbocycles. The van der Waals surface area contributed by atoms with Gasteiger partial charge in [-0.05, 0) is 0 Å². The third-order valence-electron chi connectivity index (χ3n) is 5.97. The summed E-state index contributed by atoms with van der Waals surface area (Å²) in [5, 5.41) is 0. The lowest BCUT2D eigenvalue weighted by Gasteiger charge is -2.48. The Morgan fingerprint density at radius 1 is 0.533 bits per heavy atom. The Hall–Kier alpha value is -3.64. The molecule has 2 aliphatic rings. The summed E-state index contributed by atoms with van der Waals surface area (Å²) in [7, 11) is 1.90. The zero-order valence-electron chi connectivity index (χ0n) is 25.2. The van der Waals surface area contributed by atoms with Crippen LogP contribution < -0.4 is 5.73 Å². The van der Waals surface area contributed by atoms with Gasteiger partial charge < -0.3 is 57.6 Å². The second-order valence-corrected chi connectivity index (χ2v) is 9.90. The molecule has 0 aromatic carbocycles. The quantitative estimate of drug-likeness (QED) is 0.148. The van der Waals surface area contributed by atoms with Crippen molar-refractivity contribution < 1.29 is 85.5 Å². The smallest absolute Gasteiger partial charge is 0.405 e. The lowest BCUT2D eigenvalue weighted by Crippen LogP contribution is -2.67. The summed E-state index contributed by atoms with van der Waals surface area (Å²) in [5.41, 5.74) is 5.26. The number of hydrogen-bond donors (Lipinski definition) is 1. The standard InChI is InChI=1S/C25H36NO18P/c1-9(27)34-7-15-18(37-12(4)30)20(43-25(26)33)21(39-14(6)32)23(40-15)42-22-19(38-13(5)31)17(36-11(3)29)16(8-35-10(2)28)41-24(22)44-45/h15-24H,7-8,45H2,1-6H3,(H2,26,33)/t15-,16+,17-,18-,19+,20-,21+,22+,23-,24-/m1/s1. The van der Waals surface area contributed by atoms with Crippen molar-refractivity contribution in [2.24, 2.45) is 5.73 Å². The second kappa shape index (κ2) is 17.2. The Balaban J connectivity index is 2.64. The first-order valence-electron chi connectivity index (χ1n) is 13.3. The number of esters is 6. The Labute approximate surface area is 259 Å². The number of carbonyl (C=O) groups is 7. The molecule has 0 bridgehead atoms. The van der Waals surface area contributed by atoms with E-state index in [1.165, 1.54) is 0 Å². The van der Waals surface area contributed by atoms with Crippen LogP contribution in [-0.2, 0) is 80.7 Å². The number of amides is 1. The molecule has 2 aliphatic heterocycles. The molecular formula is C25H36NO18P. The fraction of sp³-hybridized carbons (Fsp3) is 0.720. The summed E-state index contributed by atoms with van der Waals surface area (Å²) in [6.45, 7) is 5.28. The number of hydrogen-bond acceptors (Lipinski definition) is 18. The van der Waals surface area contributed by atoms with Crippen LogP contribution in [-0.4, -0.2) is 117 Å². The van der Waals surface area contributed by atoms with Crippen LogP contribution in [0.4, 0.5) is 4.79 Å². The summed E-state index contributed by atoms with van der Waals surface area (Å²) < 4.78 is 59.9. The topological polar surface area (TPSA) is 247 Å². The molecule has 0 aromatic heterocycles. The van der Waals surface area contributed by atoms with Crippen molar-refractivity contribution >= 4 is 51.4 Å². The highest BCUT2D eigenvalue weighted by Gasteiger charge is 2.57. The van der Waals surface area contributed by atoms with Crippen LogP contribution in [0.1, 0.15) is 41.5 Å². The van der Waals surface area contributed by atoms with Gasteiger partial charge in [0.2, 0.25) is 0 Å². The van der Waals surface area contributed by atoms with E-state index in [1.807, 2.05) is 9.47 Å². The minimum atomic E-state index is -1.80. The maximum atomic E-state index is 12.2. The molecule has 0 radical (unpaired) electrons. The molecule has 254 valence electrons. The van der Waals surface area contributed by atoms with Gasteiger partial charge in [-0.3, -0.25) is 28.8 Å². The van der Waals surface area contributed by atoms with E-state index in [4.69, 9.17) is 57.6 Å². The molecule has 11 atom stereocenters. The summed E-state index contributed by atoms with van der Waals surface area (Å²) >= 11 is 0. The van der Waals surface area contributed by atoms with Crippen LogP contribution in [0.25, 0.3) is 0 Å². The van der Waals surface area contributed by atoms with Gasteiger partial charge >= 0.3 is 41.9 Å². The lowest BCUT2D eigenvalue weighted by molar-refractivity contribution is -0.358.